The molecule has 2 rings (SSSR count). The summed E-state index contributed by atoms with van der Waals surface area (Å²) in [6.07, 6.45) is 4.48. The van der Waals surface area contributed by atoms with E-state index in [2.05, 4.69) is 5.32 Å². The van der Waals surface area contributed by atoms with Crippen LogP contribution in [-0.4, -0.2) is 30.3 Å². The monoisotopic (exact) mass is 264 g/mol. The van der Waals surface area contributed by atoms with Crippen molar-refractivity contribution in [1.29, 1.82) is 0 Å². The zero-order valence-electron chi connectivity index (χ0n) is 10.9. The minimum absolute atomic E-state index is 0.0664. The molecule has 0 aliphatic carbocycles. The first kappa shape index (κ1) is 13.7. The van der Waals surface area contributed by atoms with Gasteiger partial charge in [-0.3, -0.25) is 4.79 Å². The summed E-state index contributed by atoms with van der Waals surface area (Å²) in [5, 5.41) is 12.3. The van der Waals surface area contributed by atoms with Gasteiger partial charge in [0, 0.05) is 18.7 Å². The largest absolute Gasteiger partial charge is 0.506 e. The number of ether oxygens (including phenoxy) is 1. The van der Waals surface area contributed by atoms with Crippen LogP contribution in [0.25, 0.3) is 0 Å². The maximum atomic E-state index is 11.8. The molecule has 1 aliphatic rings. The maximum Gasteiger partial charge on any atom is 0.251 e. The topological polar surface area (TPSA) is 84.6 Å². The number of carbonyl (C=O) groups is 1. The molecule has 0 saturated carbocycles. The van der Waals surface area contributed by atoms with Gasteiger partial charge in [-0.1, -0.05) is 0 Å². The Hall–Kier alpha value is -1.75. The number of phenolic OH excluding ortho intramolecular Hbond substituents is 1. The van der Waals surface area contributed by atoms with Gasteiger partial charge in [-0.15, -0.1) is 0 Å². The molecule has 1 aromatic rings. The number of nitrogen functional groups attached to an aromatic ring is 1. The number of hydrogen-bond acceptors (Lipinski definition) is 4. The van der Waals surface area contributed by atoms with Crippen LogP contribution >= 0.6 is 0 Å². The minimum Gasteiger partial charge on any atom is -0.506 e. The number of hydrogen-bond donors (Lipinski definition) is 3. The van der Waals surface area contributed by atoms with E-state index in [-0.39, 0.29) is 23.4 Å². The van der Waals surface area contributed by atoms with Crippen molar-refractivity contribution in [2.45, 2.75) is 31.8 Å². The highest BCUT2D eigenvalue weighted by atomic mass is 16.5. The van der Waals surface area contributed by atoms with E-state index in [9.17, 15) is 9.90 Å². The predicted octanol–water partition coefficient (Wildman–Crippen LogP) is 1.66. The number of nitrogens with two attached hydrogens (primary N) is 1. The third kappa shape index (κ3) is 3.86. The fraction of sp³-hybridized carbons (Fsp3) is 0.500. The summed E-state index contributed by atoms with van der Waals surface area (Å²) < 4.78 is 5.59. The highest BCUT2D eigenvalue weighted by molar-refractivity contribution is 5.95. The van der Waals surface area contributed by atoms with Crippen LogP contribution in [0.15, 0.2) is 18.2 Å². The lowest BCUT2D eigenvalue weighted by atomic mass is 10.1. The summed E-state index contributed by atoms with van der Waals surface area (Å²) in [5.74, 6) is -0.269. The van der Waals surface area contributed by atoms with Gasteiger partial charge in [0.1, 0.15) is 5.75 Å². The van der Waals surface area contributed by atoms with Gasteiger partial charge in [-0.05, 0) is 43.9 Å². The Morgan fingerprint density at radius 2 is 2.32 bits per heavy atom. The maximum absolute atomic E-state index is 11.8. The van der Waals surface area contributed by atoms with Gasteiger partial charge in [-0.2, -0.15) is 0 Å². The van der Waals surface area contributed by atoms with Crippen LogP contribution in [0.5, 0.6) is 5.75 Å². The first-order valence-electron chi connectivity index (χ1n) is 6.65. The van der Waals surface area contributed by atoms with Crippen molar-refractivity contribution in [2.24, 2.45) is 0 Å². The number of nitrogens with one attached hydrogen (secondary N) is 1. The molecule has 1 atom stereocenters. The average Bonchev–Trinajstić information content (AvgIpc) is 2.43. The highest BCUT2D eigenvalue weighted by Gasteiger charge is 2.14. The van der Waals surface area contributed by atoms with E-state index in [1.54, 1.807) is 6.07 Å². The second-order valence-electron chi connectivity index (χ2n) is 4.81. The standard InChI is InChI=1S/C14H20N2O3/c15-12-5-4-10(9-13(12)17)14(18)16-7-6-11-3-1-2-8-19-11/h4-5,9,11,17H,1-3,6-8,15H2,(H,16,18). The fourth-order valence-corrected chi connectivity index (χ4v) is 2.17. The molecular weight excluding hydrogens is 244 g/mol. The number of anilines is 1. The summed E-state index contributed by atoms with van der Waals surface area (Å²) >= 11 is 0. The van der Waals surface area contributed by atoms with Crippen LogP contribution < -0.4 is 11.1 Å². The number of phenols is 1. The predicted molar refractivity (Wildman–Crippen MR) is 73.1 cm³/mol. The van der Waals surface area contributed by atoms with E-state index < -0.39 is 0 Å². The zero-order valence-corrected chi connectivity index (χ0v) is 10.9. The molecule has 1 fully saturated rings. The van der Waals surface area contributed by atoms with E-state index in [4.69, 9.17) is 10.5 Å². The molecular formula is C14H20N2O3. The number of aromatic hydroxyl groups is 1. The second kappa shape index (κ2) is 6.43. The molecule has 0 bridgehead atoms. The first-order chi connectivity index (χ1) is 9.16. The van der Waals surface area contributed by atoms with Gasteiger partial charge >= 0.3 is 0 Å². The number of benzene rings is 1. The van der Waals surface area contributed by atoms with Crippen LogP contribution in [0.1, 0.15) is 36.0 Å². The van der Waals surface area contributed by atoms with Crippen LogP contribution in [0.2, 0.25) is 0 Å². The van der Waals surface area contributed by atoms with E-state index in [0.717, 1.165) is 25.9 Å². The average molecular weight is 264 g/mol. The van der Waals surface area contributed by atoms with E-state index in [1.807, 2.05) is 0 Å². The molecule has 104 valence electrons. The van der Waals surface area contributed by atoms with E-state index >= 15 is 0 Å². The van der Waals surface area contributed by atoms with Crippen molar-refractivity contribution >= 4 is 11.6 Å². The van der Waals surface area contributed by atoms with Crippen LogP contribution in [0, 0.1) is 0 Å². The minimum atomic E-state index is -0.203. The summed E-state index contributed by atoms with van der Waals surface area (Å²) in [4.78, 5) is 11.8. The summed E-state index contributed by atoms with van der Waals surface area (Å²) in [5.41, 5.74) is 6.17. The van der Waals surface area contributed by atoms with Gasteiger partial charge in [0.05, 0.1) is 11.8 Å². The molecule has 5 heteroatoms. The van der Waals surface area contributed by atoms with Crippen molar-refractivity contribution in [3.8, 4) is 5.75 Å². The fourth-order valence-electron chi connectivity index (χ4n) is 2.17. The number of carbonyl (C=O) groups excluding carboxylic acids is 1. The normalized spacial score (nSPS) is 19.1. The van der Waals surface area contributed by atoms with Crippen LogP contribution in [-0.2, 0) is 4.74 Å². The molecule has 4 N–H and O–H groups in total. The molecule has 1 amide bonds. The van der Waals surface area contributed by atoms with Crippen molar-refractivity contribution in [1.82, 2.24) is 5.32 Å². The van der Waals surface area contributed by atoms with Crippen LogP contribution in [0.4, 0.5) is 5.69 Å². The Labute approximate surface area is 112 Å². The quantitative estimate of drug-likeness (QED) is 0.570. The molecule has 1 unspecified atom stereocenters. The van der Waals surface area contributed by atoms with E-state index in [0.29, 0.717) is 12.1 Å². The van der Waals surface area contributed by atoms with Crippen LogP contribution in [0.3, 0.4) is 0 Å². The molecule has 5 nitrogen and oxygen atoms in total. The zero-order chi connectivity index (χ0) is 13.7. The lowest BCUT2D eigenvalue weighted by molar-refractivity contribution is 0.0117. The molecule has 1 saturated heterocycles. The lowest BCUT2D eigenvalue weighted by Crippen LogP contribution is -2.29. The van der Waals surface area contributed by atoms with Gasteiger partial charge in [0.25, 0.3) is 5.91 Å². The Morgan fingerprint density at radius 1 is 1.47 bits per heavy atom. The van der Waals surface area contributed by atoms with Crippen molar-refractivity contribution in [3.05, 3.63) is 23.8 Å². The summed E-state index contributed by atoms with van der Waals surface area (Å²) in [7, 11) is 0. The Kier molecular flexibility index (Phi) is 4.63. The van der Waals surface area contributed by atoms with Crippen molar-refractivity contribution in [3.63, 3.8) is 0 Å². The lowest BCUT2D eigenvalue weighted by Gasteiger charge is -2.22. The molecule has 0 aromatic heterocycles. The Morgan fingerprint density at radius 3 is 3.00 bits per heavy atom. The second-order valence-corrected chi connectivity index (χ2v) is 4.81. The molecule has 0 spiro atoms. The number of amides is 1. The van der Waals surface area contributed by atoms with E-state index in [1.165, 1.54) is 18.6 Å². The molecule has 1 heterocycles. The van der Waals surface area contributed by atoms with Gasteiger partial charge in [0.2, 0.25) is 0 Å². The third-order valence-corrected chi connectivity index (χ3v) is 3.32. The van der Waals surface area contributed by atoms with Gasteiger partial charge < -0.3 is 20.9 Å². The smallest absolute Gasteiger partial charge is 0.251 e. The molecule has 19 heavy (non-hydrogen) atoms. The summed E-state index contributed by atoms with van der Waals surface area (Å²) in [6, 6.07) is 4.50. The first-order valence-corrected chi connectivity index (χ1v) is 6.65. The SMILES string of the molecule is Nc1ccc(C(=O)NCCC2CCCCO2)cc1O. The molecule has 1 aromatic carbocycles. The summed E-state index contributed by atoms with van der Waals surface area (Å²) in [6.45, 7) is 1.40. The van der Waals surface area contributed by atoms with Gasteiger partial charge in [0.15, 0.2) is 0 Å². The highest BCUT2D eigenvalue weighted by Crippen LogP contribution is 2.20. The van der Waals surface area contributed by atoms with Gasteiger partial charge in [-0.25, -0.2) is 0 Å². The Bertz CT molecular complexity index is 442. The third-order valence-electron chi connectivity index (χ3n) is 3.32. The number of rotatable bonds is 4. The molecule has 0 radical (unpaired) electrons. The molecule has 1 aliphatic heterocycles. The Balaban J connectivity index is 1.78. The van der Waals surface area contributed by atoms with Crippen molar-refractivity contribution < 1.29 is 14.6 Å². The van der Waals surface area contributed by atoms with Crippen molar-refractivity contribution in [2.75, 3.05) is 18.9 Å².